The second kappa shape index (κ2) is 1.64. The van der Waals surface area contributed by atoms with E-state index in [-0.39, 0.29) is 4.87 Å². The van der Waals surface area contributed by atoms with Gasteiger partial charge in [-0.2, -0.15) is 12.6 Å². The van der Waals surface area contributed by atoms with Crippen LogP contribution in [0.25, 0.3) is 0 Å². The molecule has 0 aromatic carbocycles. The first kappa shape index (κ1) is 6.43. The van der Waals surface area contributed by atoms with Crippen LogP contribution in [0.3, 0.4) is 0 Å². The molecule has 1 aliphatic rings. The van der Waals surface area contributed by atoms with Crippen molar-refractivity contribution in [2.75, 3.05) is 6.54 Å². The first-order valence-electron chi connectivity index (χ1n) is 3.09. The zero-order valence-corrected chi connectivity index (χ0v) is 6.57. The molecule has 1 fully saturated rings. The highest BCUT2D eigenvalue weighted by Gasteiger charge is 2.51. The van der Waals surface area contributed by atoms with Crippen molar-refractivity contribution in [3.8, 4) is 0 Å². The van der Waals surface area contributed by atoms with Crippen molar-refractivity contribution in [3.05, 3.63) is 0 Å². The Balaban J connectivity index is 2.45. The van der Waals surface area contributed by atoms with Gasteiger partial charge in [0, 0.05) is 6.04 Å². The van der Waals surface area contributed by atoms with E-state index in [0.717, 1.165) is 6.54 Å². The smallest absolute Gasteiger partial charge is 0.0770 e. The van der Waals surface area contributed by atoms with Gasteiger partial charge in [-0.3, -0.25) is 4.90 Å². The molecule has 0 aromatic heterocycles. The lowest BCUT2D eigenvalue weighted by molar-refractivity contribution is 0.509. The van der Waals surface area contributed by atoms with Gasteiger partial charge in [0.05, 0.1) is 4.87 Å². The minimum atomic E-state index is 0.203. The van der Waals surface area contributed by atoms with Gasteiger partial charge in [0.15, 0.2) is 0 Å². The highest BCUT2D eigenvalue weighted by molar-refractivity contribution is 7.82. The second-order valence-corrected chi connectivity index (χ2v) is 3.46. The molecule has 2 heteroatoms. The summed E-state index contributed by atoms with van der Waals surface area (Å²) >= 11 is 4.43. The monoisotopic (exact) mass is 131 g/mol. The van der Waals surface area contributed by atoms with E-state index in [1.165, 1.54) is 0 Å². The second-order valence-electron chi connectivity index (χ2n) is 2.56. The molecule has 1 heterocycles. The van der Waals surface area contributed by atoms with Crippen molar-refractivity contribution in [1.82, 2.24) is 4.90 Å². The number of rotatable bonds is 1. The standard InChI is InChI=1S/C6H13NS/c1-4-7-5(2)6(7,3)8/h5,8H,4H2,1-3H3/t5-,6+,7?/m0/s1. The average molecular weight is 131 g/mol. The predicted molar refractivity (Wildman–Crippen MR) is 39.2 cm³/mol. The third-order valence-corrected chi connectivity index (χ3v) is 2.74. The maximum atomic E-state index is 4.43. The van der Waals surface area contributed by atoms with Gasteiger partial charge in [-0.05, 0) is 20.4 Å². The molecule has 1 rings (SSSR count). The molecule has 1 unspecified atom stereocenters. The van der Waals surface area contributed by atoms with Crippen molar-refractivity contribution in [3.63, 3.8) is 0 Å². The molecule has 1 saturated heterocycles. The van der Waals surface area contributed by atoms with Crippen LogP contribution in [0.1, 0.15) is 20.8 Å². The fraction of sp³-hybridized carbons (Fsp3) is 1.00. The Labute approximate surface area is 56.5 Å². The molecule has 0 radical (unpaired) electrons. The van der Waals surface area contributed by atoms with Gasteiger partial charge in [0.1, 0.15) is 0 Å². The van der Waals surface area contributed by atoms with E-state index >= 15 is 0 Å². The molecule has 48 valence electrons. The number of likely N-dealkylation sites (N-methyl/N-ethyl adjacent to an activating group) is 1. The Morgan fingerprint density at radius 3 is 2.12 bits per heavy atom. The van der Waals surface area contributed by atoms with Crippen molar-refractivity contribution in [2.24, 2.45) is 0 Å². The molecular weight excluding hydrogens is 118 g/mol. The van der Waals surface area contributed by atoms with E-state index in [2.05, 4.69) is 38.3 Å². The zero-order valence-electron chi connectivity index (χ0n) is 5.68. The lowest BCUT2D eigenvalue weighted by Crippen LogP contribution is -2.04. The lowest BCUT2D eigenvalue weighted by atomic mass is 10.4. The summed E-state index contributed by atoms with van der Waals surface area (Å²) in [5, 5.41) is 0. The summed E-state index contributed by atoms with van der Waals surface area (Å²) in [6.07, 6.45) is 0. The van der Waals surface area contributed by atoms with Crippen LogP contribution < -0.4 is 0 Å². The Morgan fingerprint density at radius 2 is 2.12 bits per heavy atom. The Hall–Kier alpha value is 0.310. The van der Waals surface area contributed by atoms with E-state index < -0.39 is 0 Å². The molecule has 1 aliphatic heterocycles. The molecule has 0 N–H and O–H groups in total. The minimum absolute atomic E-state index is 0.203. The molecule has 8 heavy (non-hydrogen) atoms. The van der Waals surface area contributed by atoms with Crippen LogP contribution in [0.15, 0.2) is 0 Å². The van der Waals surface area contributed by atoms with Crippen LogP contribution >= 0.6 is 12.6 Å². The summed E-state index contributed by atoms with van der Waals surface area (Å²) in [7, 11) is 0. The maximum absolute atomic E-state index is 4.43. The Morgan fingerprint density at radius 1 is 1.75 bits per heavy atom. The van der Waals surface area contributed by atoms with Crippen LogP contribution in [0.5, 0.6) is 0 Å². The van der Waals surface area contributed by atoms with Gasteiger partial charge in [-0.1, -0.05) is 6.92 Å². The molecule has 0 saturated carbocycles. The van der Waals surface area contributed by atoms with E-state index in [9.17, 15) is 0 Å². The molecular formula is C6H13NS. The normalized spacial score (nSPS) is 54.0. The Kier molecular flexibility index (Phi) is 1.32. The number of nitrogens with zero attached hydrogens (tertiary/aromatic N) is 1. The topological polar surface area (TPSA) is 3.01 Å². The highest BCUT2D eigenvalue weighted by atomic mass is 32.1. The van der Waals surface area contributed by atoms with Crippen LogP contribution in [0.4, 0.5) is 0 Å². The van der Waals surface area contributed by atoms with E-state index in [1.54, 1.807) is 0 Å². The summed E-state index contributed by atoms with van der Waals surface area (Å²) < 4.78 is 0. The van der Waals surface area contributed by atoms with Crippen LogP contribution in [-0.4, -0.2) is 22.4 Å². The minimum Gasteiger partial charge on any atom is -0.283 e. The molecule has 0 spiro atoms. The van der Waals surface area contributed by atoms with Crippen molar-refractivity contribution in [2.45, 2.75) is 31.7 Å². The molecule has 3 atom stereocenters. The van der Waals surface area contributed by atoms with Crippen LogP contribution in [0.2, 0.25) is 0 Å². The quantitative estimate of drug-likeness (QED) is 0.415. The molecule has 0 aromatic rings. The van der Waals surface area contributed by atoms with Gasteiger partial charge in [0.25, 0.3) is 0 Å². The number of hydrogen-bond acceptors (Lipinski definition) is 2. The number of thiol groups is 1. The molecule has 0 amide bonds. The summed E-state index contributed by atoms with van der Waals surface area (Å²) in [5.74, 6) is 0. The SMILES string of the molecule is CCN1[C@@H](C)[C@@]1(C)S. The maximum Gasteiger partial charge on any atom is 0.0770 e. The van der Waals surface area contributed by atoms with Gasteiger partial charge in [-0.25, -0.2) is 0 Å². The predicted octanol–water partition coefficient (Wildman–Crippen LogP) is 1.36. The van der Waals surface area contributed by atoms with Crippen molar-refractivity contribution < 1.29 is 0 Å². The summed E-state index contributed by atoms with van der Waals surface area (Å²) in [5.41, 5.74) is 0. The van der Waals surface area contributed by atoms with Gasteiger partial charge < -0.3 is 0 Å². The Bertz CT molecular complexity index is 101. The van der Waals surface area contributed by atoms with Gasteiger partial charge in [-0.15, -0.1) is 0 Å². The highest BCUT2D eigenvalue weighted by Crippen LogP contribution is 2.42. The van der Waals surface area contributed by atoms with Crippen LogP contribution in [0, 0.1) is 0 Å². The zero-order chi connectivity index (χ0) is 6.36. The van der Waals surface area contributed by atoms with E-state index in [4.69, 9.17) is 0 Å². The number of hydrogen-bond donors (Lipinski definition) is 1. The van der Waals surface area contributed by atoms with Crippen molar-refractivity contribution >= 4 is 12.6 Å². The molecule has 0 aliphatic carbocycles. The van der Waals surface area contributed by atoms with E-state index in [0.29, 0.717) is 6.04 Å². The fourth-order valence-corrected chi connectivity index (χ4v) is 1.61. The molecule has 0 bridgehead atoms. The molecule has 1 nitrogen and oxygen atoms in total. The van der Waals surface area contributed by atoms with E-state index in [1.807, 2.05) is 0 Å². The summed E-state index contributed by atoms with van der Waals surface area (Å²) in [6.45, 7) is 7.65. The van der Waals surface area contributed by atoms with Crippen LogP contribution in [-0.2, 0) is 0 Å². The summed E-state index contributed by atoms with van der Waals surface area (Å²) in [4.78, 5) is 2.55. The third kappa shape index (κ3) is 0.669. The van der Waals surface area contributed by atoms with Gasteiger partial charge in [0.2, 0.25) is 0 Å². The third-order valence-electron chi connectivity index (χ3n) is 2.11. The fourth-order valence-electron chi connectivity index (χ4n) is 1.21. The summed E-state index contributed by atoms with van der Waals surface area (Å²) in [6, 6.07) is 0.677. The van der Waals surface area contributed by atoms with Gasteiger partial charge >= 0.3 is 0 Å². The first-order valence-corrected chi connectivity index (χ1v) is 3.54. The van der Waals surface area contributed by atoms with Crippen molar-refractivity contribution in [1.29, 1.82) is 0 Å². The largest absolute Gasteiger partial charge is 0.283 e. The lowest BCUT2D eigenvalue weighted by Gasteiger charge is -1.98. The average Bonchev–Trinajstić information content (AvgIpc) is 2.09. The first-order chi connectivity index (χ1) is 3.60.